The Morgan fingerprint density at radius 2 is 1.67 bits per heavy atom. The van der Waals surface area contributed by atoms with Gasteiger partial charge in [-0.15, -0.1) is 0 Å². The second-order valence-electron chi connectivity index (χ2n) is 5.52. The molecule has 92 valence electrons. The van der Waals surface area contributed by atoms with Crippen molar-refractivity contribution in [1.29, 1.82) is 0 Å². The minimum absolute atomic E-state index is 0.0511. The third-order valence-electron chi connectivity index (χ3n) is 4.18. The van der Waals surface area contributed by atoms with Crippen molar-refractivity contribution in [2.24, 2.45) is 5.73 Å². The summed E-state index contributed by atoms with van der Waals surface area (Å²) in [5.41, 5.74) is 10.5. The third-order valence-corrected chi connectivity index (χ3v) is 4.18. The quantitative estimate of drug-likeness (QED) is 0.809. The van der Waals surface area contributed by atoms with Gasteiger partial charge < -0.3 is 5.73 Å². The summed E-state index contributed by atoms with van der Waals surface area (Å²) in [4.78, 5) is 0. The Kier molecular flexibility index (Phi) is 2.71. The molecule has 1 aliphatic rings. The molecule has 0 aliphatic heterocycles. The van der Waals surface area contributed by atoms with Crippen LogP contribution in [0.2, 0.25) is 0 Å². The van der Waals surface area contributed by atoms with Crippen LogP contribution < -0.4 is 5.73 Å². The highest BCUT2D eigenvalue weighted by Crippen LogP contribution is 2.41. The van der Waals surface area contributed by atoms with E-state index in [-0.39, 0.29) is 11.5 Å². The summed E-state index contributed by atoms with van der Waals surface area (Å²) in [6, 6.07) is 19.7. The molecule has 0 spiro atoms. The fraction of sp³-hybridized carbons (Fsp3) is 0.294. The molecule has 0 radical (unpaired) electrons. The Labute approximate surface area is 109 Å². The van der Waals surface area contributed by atoms with Gasteiger partial charge in [-0.25, -0.2) is 0 Å². The SMILES string of the molecule is C[C@@]1(c2ccccc2)C[C@H](N)Cc2ccccc21. The summed E-state index contributed by atoms with van der Waals surface area (Å²) in [5, 5.41) is 0. The average Bonchev–Trinajstić information content (AvgIpc) is 2.39. The highest BCUT2D eigenvalue weighted by atomic mass is 14.7. The largest absolute Gasteiger partial charge is 0.327 e. The number of nitrogens with two attached hydrogens (primary N) is 1. The van der Waals surface area contributed by atoms with E-state index in [1.165, 1.54) is 16.7 Å². The number of fused-ring (bicyclic) bond motifs is 1. The summed E-state index contributed by atoms with van der Waals surface area (Å²) in [6.45, 7) is 2.32. The van der Waals surface area contributed by atoms with E-state index in [0.29, 0.717) is 0 Å². The van der Waals surface area contributed by atoms with Crippen LogP contribution >= 0.6 is 0 Å². The molecule has 1 heteroatoms. The normalized spacial score (nSPS) is 26.7. The second-order valence-corrected chi connectivity index (χ2v) is 5.52. The molecule has 1 nitrogen and oxygen atoms in total. The first kappa shape index (κ1) is 11.5. The van der Waals surface area contributed by atoms with Gasteiger partial charge in [-0.1, -0.05) is 61.5 Å². The van der Waals surface area contributed by atoms with E-state index in [9.17, 15) is 0 Å². The van der Waals surface area contributed by atoms with Gasteiger partial charge in [0.15, 0.2) is 0 Å². The summed E-state index contributed by atoms with van der Waals surface area (Å²) in [6.07, 6.45) is 2.02. The molecule has 0 heterocycles. The van der Waals surface area contributed by atoms with Crippen LogP contribution in [0.5, 0.6) is 0 Å². The predicted octanol–water partition coefficient (Wildman–Crippen LogP) is 3.27. The first-order valence-corrected chi connectivity index (χ1v) is 6.59. The lowest BCUT2D eigenvalue weighted by molar-refractivity contribution is 0.418. The maximum atomic E-state index is 6.26. The van der Waals surface area contributed by atoms with Crippen molar-refractivity contribution >= 4 is 0 Å². The molecule has 2 aromatic rings. The first-order chi connectivity index (χ1) is 8.70. The molecular weight excluding hydrogens is 218 g/mol. The number of hydrogen-bond donors (Lipinski definition) is 1. The Morgan fingerprint density at radius 1 is 1.00 bits per heavy atom. The van der Waals surface area contributed by atoms with Crippen molar-refractivity contribution in [3.8, 4) is 0 Å². The summed E-state index contributed by atoms with van der Waals surface area (Å²) < 4.78 is 0. The Bertz CT molecular complexity index is 547. The van der Waals surface area contributed by atoms with E-state index in [1.807, 2.05) is 0 Å². The fourth-order valence-electron chi connectivity index (χ4n) is 3.30. The maximum absolute atomic E-state index is 6.26. The molecule has 2 N–H and O–H groups in total. The van der Waals surface area contributed by atoms with Crippen LogP contribution in [0.3, 0.4) is 0 Å². The van der Waals surface area contributed by atoms with E-state index in [2.05, 4.69) is 61.5 Å². The molecule has 0 unspecified atom stereocenters. The molecule has 2 aromatic carbocycles. The zero-order chi connectivity index (χ0) is 12.6. The molecule has 3 rings (SSSR count). The first-order valence-electron chi connectivity index (χ1n) is 6.59. The zero-order valence-corrected chi connectivity index (χ0v) is 10.8. The van der Waals surface area contributed by atoms with Gasteiger partial charge in [-0.3, -0.25) is 0 Å². The topological polar surface area (TPSA) is 26.0 Å². The molecule has 2 atom stereocenters. The molecule has 18 heavy (non-hydrogen) atoms. The van der Waals surface area contributed by atoms with Gasteiger partial charge in [0, 0.05) is 11.5 Å². The van der Waals surface area contributed by atoms with Crippen LogP contribution in [0, 0.1) is 0 Å². The minimum Gasteiger partial charge on any atom is -0.327 e. The van der Waals surface area contributed by atoms with Crippen molar-refractivity contribution in [2.75, 3.05) is 0 Å². The average molecular weight is 237 g/mol. The van der Waals surface area contributed by atoms with E-state index in [4.69, 9.17) is 5.73 Å². The summed E-state index contributed by atoms with van der Waals surface area (Å²) in [5.74, 6) is 0. The lowest BCUT2D eigenvalue weighted by Crippen LogP contribution is -2.40. The van der Waals surface area contributed by atoms with Crippen LogP contribution in [0.25, 0.3) is 0 Å². The standard InChI is InChI=1S/C17H19N/c1-17(14-8-3-2-4-9-14)12-15(18)11-13-7-5-6-10-16(13)17/h2-10,15H,11-12,18H2,1H3/t15-,17+/m1/s1. The third kappa shape index (κ3) is 1.75. The van der Waals surface area contributed by atoms with E-state index in [0.717, 1.165) is 12.8 Å². The van der Waals surface area contributed by atoms with Crippen LogP contribution in [-0.4, -0.2) is 6.04 Å². The molecule has 1 aliphatic carbocycles. The van der Waals surface area contributed by atoms with Crippen LogP contribution in [0.4, 0.5) is 0 Å². The van der Waals surface area contributed by atoms with E-state index >= 15 is 0 Å². The van der Waals surface area contributed by atoms with Crippen molar-refractivity contribution < 1.29 is 0 Å². The van der Waals surface area contributed by atoms with Gasteiger partial charge in [0.2, 0.25) is 0 Å². The highest BCUT2D eigenvalue weighted by Gasteiger charge is 2.36. The van der Waals surface area contributed by atoms with Gasteiger partial charge in [-0.2, -0.15) is 0 Å². The molecule has 0 amide bonds. The zero-order valence-electron chi connectivity index (χ0n) is 10.8. The maximum Gasteiger partial charge on any atom is 0.0192 e. The molecule has 0 saturated heterocycles. The lowest BCUT2D eigenvalue weighted by Gasteiger charge is -2.39. The number of benzene rings is 2. The van der Waals surface area contributed by atoms with Crippen molar-refractivity contribution in [3.05, 3.63) is 71.3 Å². The monoisotopic (exact) mass is 237 g/mol. The summed E-state index contributed by atoms with van der Waals surface area (Å²) >= 11 is 0. The Morgan fingerprint density at radius 3 is 2.44 bits per heavy atom. The molecular formula is C17H19N. The number of rotatable bonds is 1. The minimum atomic E-state index is 0.0511. The Hall–Kier alpha value is -1.60. The van der Waals surface area contributed by atoms with Crippen LogP contribution in [0.1, 0.15) is 30.0 Å². The van der Waals surface area contributed by atoms with Crippen LogP contribution in [0.15, 0.2) is 54.6 Å². The fourth-order valence-corrected chi connectivity index (χ4v) is 3.30. The van der Waals surface area contributed by atoms with Crippen molar-refractivity contribution in [2.45, 2.75) is 31.2 Å². The molecule has 0 bridgehead atoms. The van der Waals surface area contributed by atoms with E-state index in [1.54, 1.807) is 0 Å². The van der Waals surface area contributed by atoms with Crippen molar-refractivity contribution in [1.82, 2.24) is 0 Å². The van der Waals surface area contributed by atoms with Gasteiger partial charge in [0.05, 0.1) is 0 Å². The van der Waals surface area contributed by atoms with Gasteiger partial charge in [0.25, 0.3) is 0 Å². The summed E-state index contributed by atoms with van der Waals surface area (Å²) in [7, 11) is 0. The second kappa shape index (κ2) is 4.25. The van der Waals surface area contributed by atoms with Crippen LogP contribution in [-0.2, 0) is 11.8 Å². The number of hydrogen-bond acceptors (Lipinski definition) is 1. The molecule has 0 saturated carbocycles. The van der Waals surface area contributed by atoms with Gasteiger partial charge >= 0.3 is 0 Å². The lowest BCUT2D eigenvalue weighted by atomic mass is 9.66. The highest BCUT2D eigenvalue weighted by molar-refractivity contribution is 5.45. The Balaban J connectivity index is 2.17. The molecule has 0 fully saturated rings. The van der Waals surface area contributed by atoms with Gasteiger partial charge in [0.1, 0.15) is 0 Å². The van der Waals surface area contributed by atoms with Gasteiger partial charge in [-0.05, 0) is 29.5 Å². The van der Waals surface area contributed by atoms with E-state index < -0.39 is 0 Å². The molecule has 0 aromatic heterocycles. The van der Waals surface area contributed by atoms with Crippen molar-refractivity contribution in [3.63, 3.8) is 0 Å². The predicted molar refractivity (Wildman–Crippen MR) is 75.6 cm³/mol. The smallest absolute Gasteiger partial charge is 0.0192 e.